The first kappa shape index (κ1) is 77.9. The number of hydrogen-bond donors (Lipinski definition) is 0. The van der Waals surface area contributed by atoms with Gasteiger partial charge in [-0.25, -0.2) is 0 Å². The summed E-state index contributed by atoms with van der Waals surface area (Å²) in [5.74, 6) is 0. The molecule has 0 radical (unpaired) electrons. The zero-order chi connectivity index (χ0) is 74.5. The fourth-order valence-corrected chi connectivity index (χ4v) is 656. The van der Waals surface area contributed by atoms with Gasteiger partial charge in [0.1, 0.15) is 0 Å². The number of benzene rings is 16. The summed E-state index contributed by atoms with van der Waals surface area (Å²) < 4.78 is 14.9. The molecule has 0 fully saturated rings. The van der Waals surface area contributed by atoms with Crippen molar-refractivity contribution in [3.63, 3.8) is 0 Å². The molecule has 10 heteroatoms. The van der Waals surface area contributed by atoms with Gasteiger partial charge in [0.2, 0.25) is 0 Å². The van der Waals surface area contributed by atoms with E-state index < -0.39 is 76.5 Å². The first-order chi connectivity index (χ1) is 54.6. The molecule has 0 nitrogen and oxygen atoms in total. The minimum absolute atomic E-state index is 1.23. The molecule has 536 valence electrons. The normalized spacial score (nSPS) is 11.9. The van der Waals surface area contributed by atoms with Crippen LogP contribution in [0, 0.1) is 0 Å². The molecule has 0 atom stereocenters. The van der Waals surface area contributed by atoms with Crippen LogP contribution in [0.25, 0.3) is 0 Å². The second-order valence-electron chi connectivity index (χ2n) is 28.0. The van der Waals surface area contributed by atoms with Crippen LogP contribution < -0.4 is 43.0 Å². The number of thioether (sulfide) groups is 4. The molecule has 0 amide bonds. The Morgan fingerprint density at radius 2 is 0.236 bits per heavy atom. The van der Waals surface area contributed by atoms with Crippen molar-refractivity contribution in [1.82, 2.24) is 0 Å². The maximum absolute atomic E-state index is 5.39. The van der Waals surface area contributed by atoms with E-state index in [0.717, 1.165) is 0 Å². The van der Waals surface area contributed by atoms with E-state index in [0.29, 0.717) is 0 Å². The van der Waals surface area contributed by atoms with Gasteiger partial charge in [0.05, 0.1) is 8.07 Å². The molecule has 0 N–H and O–H groups in total. The molecule has 0 aromatic heterocycles. The van der Waals surface area contributed by atoms with Gasteiger partial charge in [-0.05, 0) is 70.0 Å². The molecule has 0 bridgehead atoms. The monoisotopic (exact) mass is 1950 g/mol. The SMILES string of the molecule is c1cc[c]([Sn]([c]2ccccc2)([c]2ccccc2)[Si]([Sn]([c]2ccccc2)([c]2ccccc2)[c]2ccccc2)([Sn]([c]2ccccc2)([c]2ccccc2)[c]2ccccc2)[Sn]([c]2ccccc2)([c]2ccccc2)[c]2ccccc2)cc1.c1ccc(SC[Si](CSc2ccccc2)(CSc2ccccc2)CSc2ccccc2)cc1. The van der Waals surface area contributed by atoms with E-state index in [9.17, 15) is 0 Å². The largest absolute Gasteiger partial charge is 0.129 e. The summed E-state index contributed by atoms with van der Waals surface area (Å²) in [4.78, 5) is 5.53. The number of hydrogen-bond acceptors (Lipinski definition) is 4. The zero-order valence-corrected chi connectivity index (χ0v) is 78.3. The van der Waals surface area contributed by atoms with Crippen molar-refractivity contribution in [2.45, 2.75) is 19.6 Å². The van der Waals surface area contributed by atoms with Crippen LogP contribution in [0.1, 0.15) is 0 Å². The van der Waals surface area contributed by atoms with Crippen LogP contribution in [0.5, 0.6) is 0 Å². The molecule has 0 saturated carbocycles. The van der Waals surface area contributed by atoms with Crippen molar-refractivity contribution >= 4 is 167 Å². The predicted molar refractivity (Wildman–Crippen MR) is 496 cm³/mol. The molecule has 16 aromatic carbocycles. The van der Waals surface area contributed by atoms with E-state index >= 15 is 0 Å². The molecule has 0 spiro atoms. The van der Waals surface area contributed by atoms with E-state index in [1.165, 1.54) is 41.1 Å². The quantitative estimate of drug-likeness (QED) is 0.0354. The summed E-state index contributed by atoms with van der Waals surface area (Å²) in [6.45, 7) is 0. The van der Waals surface area contributed by atoms with Gasteiger partial charge in [0.15, 0.2) is 0 Å². The van der Waals surface area contributed by atoms with Gasteiger partial charge >= 0.3 is 475 Å². The van der Waals surface area contributed by atoms with Gasteiger partial charge in [-0.3, -0.25) is 0 Å². The predicted octanol–water partition coefficient (Wildman–Crippen LogP) is 17.2. The first-order valence-corrected chi connectivity index (χ1v) is 81.0. The zero-order valence-electron chi connectivity index (χ0n) is 61.6. The average Bonchev–Trinajstić information content (AvgIpc) is 0.619. The summed E-state index contributed by atoms with van der Waals surface area (Å²) in [7, 11) is -1.67. The molecule has 0 saturated heterocycles. The van der Waals surface area contributed by atoms with Crippen LogP contribution in [0.15, 0.2) is 505 Å². The molecule has 16 rings (SSSR count). The van der Waals surface area contributed by atoms with Crippen LogP contribution in [0.4, 0.5) is 0 Å². The Labute approximate surface area is 684 Å². The first-order valence-electron chi connectivity index (χ1n) is 38.0. The van der Waals surface area contributed by atoms with Crippen molar-refractivity contribution in [1.29, 1.82) is 0 Å². The Hall–Kier alpha value is -7.45. The summed E-state index contributed by atoms with van der Waals surface area (Å²) >= 11 is -13.3. The minimum atomic E-state index is -5.39. The van der Waals surface area contributed by atoms with Crippen molar-refractivity contribution in [2.24, 2.45) is 0 Å². The molecule has 0 aliphatic carbocycles. The fourth-order valence-electron chi connectivity index (χ4n) is 17.8. The Morgan fingerprint density at radius 1 is 0.136 bits per heavy atom. The van der Waals surface area contributed by atoms with Gasteiger partial charge in [0.25, 0.3) is 0 Å². The fraction of sp³-hybridized carbons (Fsp3) is 0.0400. The minimum Gasteiger partial charge on any atom is -0.129 e. The second kappa shape index (κ2) is 37.9. The second-order valence-corrected chi connectivity index (χ2v) is 196. The van der Waals surface area contributed by atoms with Crippen molar-refractivity contribution in [3.05, 3.63) is 485 Å². The maximum atomic E-state index is 2.66. The van der Waals surface area contributed by atoms with Gasteiger partial charge in [-0.2, -0.15) is 0 Å². The van der Waals surface area contributed by atoms with Crippen LogP contribution in [-0.4, -0.2) is 98.0 Å². The summed E-state index contributed by atoms with van der Waals surface area (Å²) in [5, 5.41) is 4.93. The third-order valence-electron chi connectivity index (χ3n) is 21.9. The Kier molecular flexibility index (Phi) is 26.8. The summed E-state index contributed by atoms with van der Waals surface area (Å²) in [6, 6.07) is 193. The Bertz CT molecular complexity index is 4310. The van der Waals surface area contributed by atoms with Crippen LogP contribution in [0.2, 0.25) is 0 Å². The van der Waals surface area contributed by atoms with E-state index in [1.807, 2.05) is 0 Å². The summed E-state index contributed by atoms with van der Waals surface area (Å²) in [5.41, 5.74) is 0. The smallest absolute Gasteiger partial charge is 0.0948 e. The molecule has 0 heterocycles. The van der Waals surface area contributed by atoms with E-state index in [4.69, 9.17) is 0 Å². The molecular formula is C100H88S4Si2Sn4. The standard InChI is InChI=1S/C28H28S4Si.12C6H5.Si.4Sn/c1-5-13-25(14-6-1)29-21-33(22-30-26-15-7-2-8-16-26,23-31-27-17-9-3-10-18-27)24-32-28-19-11-4-12-20-28;12*1-2-4-6-5-3-1;;;;;/h1-20H,21-24H2;12*1-5H;;;;;. The summed E-state index contributed by atoms with van der Waals surface area (Å²) in [6.07, 6.45) is 0. The van der Waals surface area contributed by atoms with Crippen LogP contribution in [0.3, 0.4) is 0 Å². The van der Waals surface area contributed by atoms with Gasteiger partial charge in [-0.15, -0.1) is 47.0 Å². The number of rotatable bonds is 28. The Balaban J connectivity index is 0.000000243. The molecule has 0 unspecified atom stereocenters. The molecule has 0 aliphatic rings. The third-order valence-corrected chi connectivity index (χ3v) is 402. The van der Waals surface area contributed by atoms with Gasteiger partial charge in [0, 0.05) is 19.6 Å². The third kappa shape index (κ3) is 15.6. The molecule has 16 aromatic rings. The van der Waals surface area contributed by atoms with E-state index in [-0.39, 0.29) is 0 Å². The van der Waals surface area contributed by atoms with Crippen molar-refractivity contribution in [2.75, 3.05) is 21.5 Å². The topological polar surface area (TPSA) is 0 Å². The van der Waals surface area contributed by atoms with Crippen LogP contribution >= 0.6 is 47.0 Å². The van der Waals surface area contributed by atoms with Crippen molar-refractivity contribution in [3.8, 4) is 0 Å². The average molecular weight is 1950 g/mol. The Morgan fingerprint density at radius 3 is 0.345 bits per heavy atom. The van der Waals surface area contributed by atoms with Gasteiger partial charge in [-0.1, -0.05) is 72.8 Å². The molecular weight excluding hydrogens is 1860 g/mol. The molecule has 0 aliphatic heterocycles. The van der Waals surface area contributed by atoms with E-state index in [1.54, 1.807) is 43.0 Å². The van der Waals surface area contributed by atoms with Crippen molar-refractivity contribution < 1.29 is 0 Å². The maximum Gasteiger partial charge on any atom is 0.0948 e. The van der Waals surface area contributed by atoms with Gasteiger partial charge < -0.3 is 0 Å². The molecule has 110 heavy (non-hydrogen) atoms. The van der Waals surface area contributed by atoms with Crippen LogP contribution in [-0.2, 0) is 0 Å². The van der Waals surface area contributed by atoms with E-state index in [2.05, 4.69) is 532 Å².